The van der Waals surface area contributed by atoms with Crippen molar-refractivity contribution >= 4 is 23.1 Å². The molecule has 0 saturated carbocycles. The van der Waals surface area contributed by atoms with Gasteiger partial charge in [0.1, 0.15) is 0 Å². The molecule has 0 spiro atoms. The minimum Gasteiger partial charge on any atom is -0.378 e. The van der Waals surface area contributed by atoms with Gasteiger partial charge in [0.15, 0.2) is 0 Å². The summed E-state index contributed by atoms with van der Waals surface area (Å²) in [6.07, 6.45) is 4.90. The Balaban J connectivity index is 0.00000306. The number of thioether (sulfide) groups is 1. The molecule has 0 atom stereocenters. The van der Waals surface area contributed by atoms with E-state index in [4.69, 9.17) is 0 Å². The van der Waals surface area contributed by atoms with Crippen molar-refractivity contribution in [1.29, 1.82) is 0 Å². The molecule has 5 nitrogen and oxygen atoms in total. The Morgan fingerprint density at radius 1 is 0.771 bits per heavy atom. The molecule has 0 bridgehead atoms. The topological polar surface area (TPSA) is 35.5 Å². The quantitative estimate of drug-likeness (QED) is 0.211. The normalized spacial score (nSPS) is 10.5. The van der Waals surface area contributed by atoms with E-state index in [1.54, 1.807) is 0 Å². The van der Waals surface area contributed by atoms with Crippen LogP contribution in [0.3, 0.4) is 0 Å². The molecule has 187 valence electrons. The van der Waals surface area contributed by atoms with E-state index in [2.05, 4.69) is 108 Å². The fourth-order valence-corrected chi connectivity index (χ4v) is 4.78. The molecule has 0 N–H and O–H groups in total. The number of pyridine rings is 2. The molecule has 7 heteroatoms. The van der Waals surface area contributed by atoms with Crippen LogP contribution in [0.25, 0.3) is 0 Å². The van der Waals surface area contributed by atoms with Crippen LogP contribution in [-0.4, -0.2) is 55.4 Å². The van der Waals surface area contributed by atoms with Gasteiger partial charge in [-0.05, 0) is 41.8 Å². The van der Waals surface area contributed by atoms with Crippen molar-refractivity contribution in [3.05, 3.63) is 90.9 Å². The third kappa shape index (κ3) is 10.2. The monoisotopic (exact) mass is 567 g/mol. The summed E-state index contributed by atoms with van der Waals surface area (Å²) in [6, 6.07) is 17.3. The summed E-state index contributed by atoms with van der Waals surface area (Å²) in [5.41, 5.74) is 7.45. The van der Waals surface area contributed by atoms with Gasteiger partial charge in [-0.1, -0.05) is 31.2 Å². The van der Waals surface area contributed by atoms with Crippen molar-refractivity contribution in [3.8, 4) is 0 Å². The Hall–Kier alpha value is -1.47. The predicted octanol–water partition coefficient (Wildman–Crippen LogP) is 5.55. The zero-order valence-corrected chi connectivity index (χ0v) is 25.9. The first-order chi connectivity index (χ1) is 16.0. The molecule has 0 amide bonds. The number of benzene rings is 1. The molecule has 0 fully saturated rings. The second kappa shape index (κ2) is 16.3. The number of aromatic nitrogens is 2. The Labute approximate surface area is 242 Å². The van der Waals surface area contributed by atoms with Crippen LogP contribution in [0.4, 0.5) is 11.4 Å². The summed E-state index contributed by atoms with van der Waals surface area (Å²) in [4.78, 5) is 16.0. The van der Waals surface area contributed by atoms with Crippen LogP contribution in [-0.2, 0) is 58.0 Å². The van der Waals surface area contributed by atoms with Crippen molar-refractivity contribution in [2.45, 2.75) is 32.2 Å². The van der Waals surface area contributed by atoms with Gasteiger partial charge in [0.25, 0.3) is 0 Å². The summed E-state index contributed by atoms with van der Waals surface area (Å²) < 4.78 is 0. The van der Waals surface area contributed by atoms with E-state index in [0.29, 0.717) is 0 Å². The molecule has 0 saturated heterocycles. The van der Waals surface area contributed by atoms with Crippen molar-refractivity contribution in [1.82, 2.24) is 14.9 Å². The van der Waals surface area contributed by atoms with Crippen LogP contribution in [0.15, 0.2) is 60.9 Å². The van der Waals surface area contributed by atoms with Gasteiger partial charge >= 0.3 is 0 Å². The van der Waals surface area contributed by atoms with E-state index >= 15 is 0 Å². The maximum absolute atomic E-state index is 4.64. The third-order valence-corrected chi connectivity index (χ3v) is 6.70. The molecule has 1 radical (unpaired) electrons. The first kappa shape index (κ1) is 31.6. The molecule has 2 aromatic heterocycles. The number of aryl methyl sites for hydroxylation is 1. The van der Waals surface area contributed by atoms with Crippen LogP contribution in [0.5, 0.6) is 0 Å². The predicted molar refractivity (Wildman–Crippen MR) is 150 cm³/mol. The van der Waals surface area contributed by atoms with Gasteiger partial charge in [-0.2, -0.15) is 11.8 Å². The molecule has 0 aliphatic rings. The van der Waals surface area contributed by atoms with Gasteiger partial charge in [-0.15, -0.1) is 0 Å². The smallest absolute Gasteiger partial charge is 0.0564 e. The average Bonchev–Trinajstić information content (AvgIpc) is 2.82. The maximum atomic E-state index is 4.64. The Morgan fingerprint density at radius 2 is 1.29 bits per heavy atom. The van der Waals surface area contributed by atoms with E-state index in [1.807, 2.05) is 24.2 Å². The molecule has 3 aromatic rings. The van der Waals surface area contributed by atoms with Gasteiger partial charge in [-0.3, -0.25) is 14.9 Å². The molecule has 35 heavy (non-hydrogen) atoms. The second-order valence-corrected chi connectivity index (χ2v) is 9.79. The molecule has 0 unspecified atom stereocenters. The van der Waals surface area contributed by atoms with Crippen molar-refractivity contribution in [2.24, 2.45) is 0 Å². The fourth-order valence-electron chi connectivity index (χ4n) is 3.75. The number of anilines is 2. The van der Waals surface area contributed by atoms with E-state index in [-0.39, 0.29) is 40.1 Å². The zero-order valence-electron chi connectivity index (χ0n) is 22.2. The first-order valence-electron chi connectivity index (χ1n) is 11.6. The molecule has 2 heterocycles. The van der Waals surface area contributed by atoms with Crippen LogP contribution in [0, 0.1) is 7.43 Å². The van der Waals surface area contributed by atoms with Crippen LogP contribution in [0.2, 0.25) is 0 Å². The van der Waals surface area contributed by atoms with E-state index < -0.39 is 0 Å². The third-order valence-electron chi connectivity index (χ3n) is 5.71. The van der Waals surface area contributed by atoms with Gasteiger partial charge in [0.05, 0.1) is 11.4 Å². The number of nitrogens with zero attached hydrogens (tertiary/aromatic N) is 5. The molecular weight excluding hydrogens is 527 g/mol. The SMILES string of the molecule is CCc1ccccc1CSCCN(Cc1cc(N(C)C)ccn1)Cc1cc(N(C)C)ccn1.[CH3-].[Y]. The number of hydrogen-bond donors (Lipinski definition) is 0. The van der Waals surface area contributed by atoms with Crippen LogP contribution < -0.4 is 9.80 Å². The fraction of sp³-hybridized carbons (Fsp3) is 0.393. The summed E-state index contributed by atoms with van der Waals surface area (Å²) >= 11 is 2.00. The van der Waals surface area contributed by atoms with E-state index in [9.17, 15) is 0 Å². The summed E-state index contributed by atoms with van der Waals surface area (Å²) in [5.74, 6) is 2.12. The summed E-state index contributed by atoms with van der Waals surface area (Å²) in [6.45, 7) is 4.83. The van der Waals surface area contributed by atoms with Crippen molar-refractivity contribution < 1.29 is 32.7 Å². The largest absolute Gasteiger partial charge is 0.378 e. The van der Waals surface area contributed by atoms with Gasteiger partial charge in [0.2, 0.25) is 0 Å². The van der Waals surface area contributed by atoms with Gasteiger partial charge in [0, 0.05) is 116 Å². The molecular formula is C28H40N5SY-. The summed E-state index contributed by atoms with van der Waals surface area (Å²) in [7, 11) is 8.27. The minimum atomic E-state index is 0. The molecule has 0 aliphatic heterocycles. The maximum Gasteiger partial charge on any atom is 0.0564 e. The van der Waals surface area contributed by atoms with Gasteiger partial charge < -0.3 is 17.2 Å². The Morgan fingerprint density at radius 3 is 1.77 bits per heavy atom. The van der Waals surface area contributed by atoms with Crippen LogP contribution >= 0.6 is 11.8 Å². The second-order valence-electron chi connectivity index (χ2n) is 8.69. The van der Waals surface area contributed by atoms with E-state index in [1.165, 1.54) is 22.5 Å². The molecule has 1 aromatic carbocycles. The molecule has 0 aliphatic carbocycles. The van der Waals surface area contributed by atoms with E-state index in [0.717, 1.165) is 48.9 Å². The van der Waals surface area contributed by atoms with Crippen LogP contribution in [0.1, 0.15) is 29.4 Å². The minimum absolute atomic E-state index is 0. The van der Waals surface area contributed by atoms with Crippen molar-refractivity contribution in [3.63, 3.8) is 0 Å². The number of hydrogen-bond acceptors (Lipinski definition) is 6. The first-order valence-corrected chi connectivity index (χ1v) is 12.7. The standard InChI is InChI=1S/C27H37N5S.CH3.Y/c1-6-22-9-7-8-10-23(22)21-33-16-15-32(19-24-17-26(30(2)3)11-13-28-24)20-25-18-27(31(4)5)12-14-29-25;;/h7-14,17-18H,6,15-16,19-21H2,1-5H3;1H3;/q;-1;. The molecule has 3 rings (SSSR count). The average molecular weight is 568 g/mol. The van der Waals surface area contributed by atoms with Crippen molar-refractivity contribution in [2.75, 3.05) is 50.3 Å². The zero-order chi connectivity index (χ0) is 23.6. The Bertz CT molecular complexity index is 958. The Kier molecular flexibility index (Phi) is 14.7. The van der Waals surface area contributed by atoms with Gasteiger partial charge in [-0.25, -0.2) is 0 Å². The summed E-state index contributed by atoms with van der Waals surface area (Å²) in [5, 5.41) is 0. The number of rotatable bonds is 12.